The highest BCUT2D eigenvalue weighted by molar-refractivity contribution is 5.98. The van der Waals surface area contributed by atoms with Crippen LogP contribution in [0.1, 0.15) is 38.8 Å². The molecule has 0 aliphatic carbocycles. The summed E-state index contributed by atoms with van der Waals surface area (Å²) in [5.41, 5.74) is 1.22. The number of carbonyl (C=O) groups excluding carboxylic acids is 4. The Kier molecular flexibility index (Phi) is 7.20. The molecule has 0 radical (unpaired) electrons. The van der Waals surface area contributed by atoms with E-state index in [1.165, 1.54) is 39.8 Å². The van der Waals surface area contributed by atoms with Gasteiger partial charge in [-0.1, -0.05) is 48.5 Å². The molecular formula is C29H24O8. The van der Waals surface area contributed by atoms with Gasteiger partial charge in [-0.05, 0) is 10.8 Å². The number of carbonyl (C=O) groups is 4. The van der Waals surface area contributed by atoms with E-state index in [-0.39, 0.29) is 29.4 Å². The van der Waals surface area contributed by atoms with Crippen molar-refractivity contribution in [1.82, 2.24) is 0 Å². The number of hydrogen-bond donors (Lipinski definition) is 0. The van der Waals surface area contributed by atoms with Crippen molar-refractivity contribution in [2.45, 2.75) is 34.1 Å². The number of benzene rings is 4. The third-order valence-corrected chi connectivity index (χ3v) is 5.52. The summed E-state index contributed by atoms with van der Waals surface area (Å²) in [6.45, 7) is 5.13. The second-order valence-corrected chi connectivity index (χ2v) is 8.35. The average Bonchev–Trinajstić information content (AvgIpc) is 2.81. The van der Waals surface area contributed by atoms with E-state index in [9.17, 15) is 19.2 Å². The highest BCUT2D eigenvalue weighted by Crippen LogP contribution is 2.42. The van der Waals surface area contributed by atoms with Crippen LogP contribution in [0.4, 0.5) is 0 Å². The standard InChI is InChI=1S/C29H24O8/c1-16(30)34-26-14-28(36-18(3)32)24(20-9-5-7-11-22(20)26)13-25-21-10-6-8-12-23(21)27(35-17(2)31)15-29(25)37-19(4)33/h5-12,14-15H,13H2,1-4H3. The molecule has 0 amide bonds. The number of fused-ring (bicyclic) bond motifs is 2. The molecule has 8 nitrogen and oxygen atoms in total. The third kappa shape index (κ3) is 5.59. The van der Waals surface area contributed by atoms with Crippen LogP contribution in [-0.4, -0.2) is 23.9 Å². The topological polar surface area (TPSA) is 105 Å². The molecule has 0 saturated carbocycles. The lowest BCUT2D eigenvalue weighted by Crippen LogP contribution is -2.10. The highest BCUT2D eigenvalue weighted by atomic mass is 16.6. The summed E-state index contributed by atoms with van der Waals surface area (Å²) in [4.78, 5) is 47.5. The maximum absolute atomic E-state index is 12.0. The van der Waals surface area contributed by atoms with Gasteiger partial charge in [-0.3, -0.25) is 19.2 Å². The molecule has 0 aliphatic heterocycles. The van der Waals surface area contributed by atoms with Crippen LogP contribution in [-0.2, 0) is 25.6 Å². The van der Waals surface area contributed by atoms with Crippen molar-refractivity contribution >= 4 is 45.4 Å². The number of rotatable bonds is 6. The predicted octanol–water partition coefficient (Wildman–Crippen LogP) is 5.29. The van der Waals surface area contributed by atoms with Crippen molar-refractivity contribution in [3.63, 3.8) is 0 Å². The van der Waals surface area contributed by atoms with Gasteiger partial charge in [0.05, 0.1) is 0 Å². The molecule has 8 heteroatoms. The fraction of sp³-hybridized carbons (Fsp3) is 0.172. The molecule has 37 heavy (non-hydrogen) atoms. The lowest BCUT2D eigenvalue weighted by Gasteiger charge is -2.19. The molecule has 0 bridgehead atoms. The van der Waals surface area contributed by atoms with Crippen molar-refractivity contribution in [2.75, 3.05) is 0 Å². The Morgan fingerprint density at radius 1 is 0.486 bits per heavy atom. The molecule has 0 heterocycles. The van der Waals surface area contributed by atoms with Gasteiger partial charge in [-0.25, -0.2) is 0 Å². The lowest BCUT2D eigenvalue weighted by atomic mass is 9.92. The van der Waals surface area contributed by atoms with E-state index < -0.39 is 23.9 Å². The van der Waals surface area contributed by atoms with Crippen molar-refractivity contribution in [2.24, 2.45) is 0 Å². The molecule has 4 aromatic rings. The fourth-order valence-electron chi connectivity index (χ4n) is 4.27. The van der Waals surface area contributed by atoms with Crippen LogP contribution in [0.3, 0.4) is 0 Å². The Labute approximate surface area is 212 Å². The van der Waals surface area contributed by atoms with Crippen LogP contribution >= 0.6 is 0 Å². The van der Waals surface area contributed by atoms with Gasteiger partial charge in [0, 0.05) is 68.1 Å². The number of esters is 4. The molecule has 0 fully saturated rings. The van der Waals surface area contributed by atoms with Crippen LogP contribution in [0.15, 0.2) is 60.7 Å². The highest BCUT2D eigenvalue weighted by Gasteiger charge is 2.22. The molecule has 0 N–H and O–H groups in total. The Morgan fingerprint density at radius 2 is 0.784 bits per heavy atom. The number of hydrogen-bond acceptors (Lipinski definition) is 8. The SMILES string of the molecule is CC(=O)Oc1cc(OC(C)=O)c2ccccc2c1Cc1c(OC(C)=O)cc(OC(C)=O)c2ccccc12. The summed E-state index contributed by atoms with van der Waals surface area (Å²) in [7, 11) is 0. The van der Waals surface area contributed by atoms with E-state index in [0.717, 1.165) is 0 Å². The van der Waals surface area contributed by atoms with Crippen LogP contribution in [0.25, 0.3) is 21.5 Å². The van der Waals surface area contributed by atoms with Crippen molar-refractivity contribution in [3.05, 3.63) is 71.8 Å². The molecule has 0 unspecified atom stereocenters. The Morgan fingerprint density at radius 3 is 1.11 bits per heavy atom. The summed E-state index contributed by atoms with van der Waals surface area (Å²) in [5, 5.41) is 2.63. The molecule has 188 valence electrons. The smallest absolute Gasteiger partial charge is 0.308 e. The molecule has 0 atom stereocenters. The zero-order chi connectivity index (χ0) is 26.7. The lowest BCUT2D eigenvalue weighted by molar-refractivity contribution is -0.133. The van der Waals surface area contributed by atoms with Crippen LogP contribution < -0.4 is 18.9 Å². The summed E-state index contributed by atoms with van der Waals surface area (Å²) < 4.78 is 21.9. The minimum absolute atomic E-state index is 0.174. The summed E-state index contributed by atoms with van der Waals surface area (Å²) in [5.74, 6) is -1.25. The summed E-state index contributed by atoms with van der Waals surface area (Å²) >= 11 is 0. The molecular weight excluding hydrogens is 476 g/mol. The van der Waals surface area contributed by atoms with Gasteiger partial charge in [0.15, 0.2) is 0 Å². The second kappa shape index (κ2) is 10.5. The van der Waals surface area contributed by atoms with E-state index in [2.05, 4.69) is 0 Å². The molecule has 0 aromatic heterocycles. The Bertz CT molecular complexity index is 1450. The Balaban J connectivity index is 2.02. The van der Waals surface area contributed by atoms with Crippen LogP contribution in [0, 0.1) is 0 Å². The monoisotopic (exact) mass is 500 g/mol. The largest absolute Gasteiger partial charge is 0.426 e. The maximum Gasteiger partial charge on any atom is 0.308 e. The number of ether oxygens (including phenoxy) is 4. The molecule has 0 aliphatic rings. The van der Waals surface area contributed by atoms with Gasteiger partial charge in [-0.15, -0.1) is 0 Å². The first-order valence-corrected chi connectivity index (χ1v) is 11.5. The van der Waals surface area contributed by atoms with E-state index >= 15 is 0 Å². The van der Waals surface area contributed by atoms with Gasteiger partial charge < -0.3 is 18.9 Å². The first-order chi connectivity index (χ1) is 17.6. The van der Waals surface area contributed by atoms with Gasteiger partial charge in [0.25, 0.3) is 0 Å². The summed E-state index contributed by atoms with van der Waals surface area (Å²) in [6, 6.07) is 17.5. The second-order valence-electron chi connectivity index (χ2n) is 8.35. The van der Waals surface area contributed by atoms with Gasteiger partial charge in [0.2, 0.25) is 0 Å². The minimum Gasteiger partial charge on any atom is -0.426 e. The van der Waals surface area contributed by atoms with Crippen molar-refractivity contribution < 1.29 is 38.1 Å². The van der Waals surface area contributed by atoms with E-state index in [1.807, 2.05) is 24.3 Å². The van der Waals surface area contributed by atoms with Gasteiger partial charge >= 0.3 is 23.9 Å². The zero-order valence-electron chi connectivity index (χ0n) is 20.7. The third-order valence-electron chi connectivity index (χ3n) is 5.52. The fourth-order valence-corrected chi connectivity index (χ4v) is 4.27. The minimum atomic E-state index is -0.555. The molecule has 4 aromatic carbocycles. The van der Waals surface area contributed by atoms with Crippen LogP contribution in [0.5, 0.6) is 23.0 Å². The van der Waals surface area contributed by atoms with Gasteiger partial charge in [0.1, 0.15) is 23.0 Å². The predicted molar refractivity (Wildman–Crippen MR) is 136 cm³/mol. The first-order valence-electron chi connectivity index (χ1n) is 11.5. The van der Waals surface area contributed by atoms with Crippen molar-refractivity contribution in [1.29, 1.82) is 0 Å². The molecule has 4 rings (SSSR count). The first kappa shape index (κ1) is 25.4. The van der Waals surface area contributed by atoms with Gasteiger partial charge in [-0.2, -0.15) is 0 Å². The van der Waals surface area contributed by atoms with E-state index in [4.69, 9.17) is 18.9 Å². The van der Waals surface area contributed by atoms with E-state index in [1.54, 1.807) is 24.3 Å². The molecule has 0 spiro atoms. The average molecular weight is 501 g/mol. The Hall–Kier alpha value is -4.72. The normalized spacial score (nSPS) is 10.7. The quantitative estimate of drug-likeness (QED) is 0.260. The van der Waals surface area contributed by atoms with Crippen LogP contribution in [0.2, 0.25) is 0 Å². The zero-order valence-corrected chi connectivity index (χ0v) is 20.7. The maximum atomic E-state index is 12.0. The van der Waals surface area contributed by atoms with E-state index in [0.29, 0.717) is 32.7 Å². The van der Waals surface area contributed by atoms with Crippen molar-refractivity contribution in [3.8, 4) is 23.0 Å². The summed E-state index contributed by atoms with van der Waals surface area (Å²) in [6.07, 6.45) is 0.174. The molecule has 0 saturated heterocycles.